The molecule has 1 aliphatic heterocycles. The molecule has 0 bridgehead atoms. The molecule has 1 N–H and O–H groups in total. The fraction of sp³-hybridized carbons (Fsp3) is 0.267. The van der Waals surface area contributed by atoms with Gasteiger partial charge in [0.2, 0.25) is 5.91 Å². The molecule has 0 aliphatic carbocycles. The lowest BCUT2D eigenvalue weighted by molar-refractivity contribution is -0.133. The average Bonchev–Trinajstić information content (AvgIpc) is 2.94. The van der Waals surface area contributed by atoms with Gasteiger partial charge in [0.1, 0.15) is 18.5 Å². The second-order valence-corrected chi connectivity index (χ2v) is 10.3. The van der Waals surface area contributed by atoms with Gasteiger partial charge in [0.25, 0.3) is 0 Å². The molecule has 4 aromatic rings. The maximum atomic E-state index is 13.7. The van der Waals surface area contributed by atoms with Gasteiger partial charge >= 0.3 is 0 Å². The molecular weight excluding hydrogens is 521 g/mol. The smallest absolute Gasteiger partial charge is 0.234 e. The first-order valence-electron chi connectivity index (χ1n) is 12.6. The highest BCUT2D eigenvalue weighted by molar-refractivity contribution is 6.30. The van der Waals surface area contributed by atoms with Crippen molar-refractivity contribution in [3.63, 3.8) is 0 Å². The minimum absolute atomic E-state index is 0.0442. The number of piperazine rings is 1. The van der Waals surface area contributed by atoms with Crippen LogP contribution >= 0.6 is 23.2 Å². The van der Waals surface area contributed by atoms with Crippen LogP contribution in [0.25, 0.3) is 10.9 Å². The third-order valence-electron chi connectivity index (χ3n) is 6.84. The molecule has 2 heterocycles. The van der Waals surface area contributed by atoms with Crippen molar-refractivity contribution < 1.29 is 14.6 Å². The number of nitrogens with zero attached hydrogens (tertiary/aromatic N) is 3. The normalized spacial score (nSPS) is 15.1. The lowest BCUT2D eigenvalue weighted by Gasteiger charge is -2.37. The standard InChI is InChI=1S/C30H29Cl2N3O3/c31-23-10-6-21(7-11-23)29(22-8-12-24(32)13-9-22)30(37)35-17-15-34(16-18-35)19-25(36)20-38-28-5-1-4-27-26(28)3-2-14-33-27/h1-14,25,29,36H,15-20H2. The second kappa shape index (κ2) is 12.1. The van der Waals surface area contributed by atoms with Crippen molar-refractivity contribution in [1.82, 2.24) is 14.8 Å². The quantitative estimate of drug-likeness (QED) is 0.325. The summed E-state index contributed by atoms with van der Waals surface area (Å²) in [7, 11) is 0. The Hall–Kier alpha value is -3.16. The molecule has 1 aliphatic rings. The van der Waals surface area contributed by atoms with Crippen molar-refractivity contribution in [2.75, 3.05) is 39.3 Å². The highest BCUT2D eigenvalue weighted by atomic mass is 35.5. The van der Waals surface area contributed by atoms with E-state index in [4.69, 9.17) is 27.9 Å². The van der Waals surface area contributed by atoms with E-state index in [1.165, 1.54) is 0 Å². The molecule has 38 heavy (non-hydrogen) atoms. The fourth-order valence-electron chi connectivity index (χ4n) is 4.86. The molecule has 1 atom stereocenters. The van der Waals surface area contributed by atoms with Gasteiger partial charge in [0.05, 0.1) is 11.4 Å². The van der Waals surface area contributed by atoms with E-state index in [2.05, 4.69) is 9.88 Å². The highest BCUT2D eigenvalue weighted by Gasteiger charge is 2.30. The summed E-state index contributed by atoms with van der Waals surface area (Å²) in [6.45, 7) is 3.17. The summed E-state index contributed by atoms with van der Waals surface area (Å²) >= 11 is 12.2. The van der Waals surface area contributed by atoms with Crippen LogP contribution in [0.5, 0.6) is 5.75 Å². The van der Waals surface area contributed by atoms with E-state index < -0.39 is 12.0 Å². The third-order valence-corrected chi connectivity index (χ3v) is 7.35. The van der Waals surface area contributed by atoms with Gasteiger partial charge in [0.15, 0.2) is 0 Å². The number of rotatable bonds is 8. The topological polar surface area (TPSA) is 65.9 Å². The van der Waals surface area contributed by atoms with Gasteiger partial charge < -0.3 is 14.7 Å². The molecule has 0 saturated carbocycles. The van der Waals surface area contributed by atoms with E-state index in [-0.39, 0.29) is 12.5 Å². The van der Waals surface area contributed by atoms with E-state index >= 15 is 0 Å². The number of β-amino-alcohol motifs (C(OH)–C–C–N with tert-alkyl or cyclic N) is 1. The molecule has 0 spiro atoms. The highest BCUT2D eigenvalue weighted by Crippen LogP contribution is 2.30. The van der Waals surface area contributed by atoms with E-state index in [1.807, 2.05) is 83.8 Å². The predicted octanol–water partition coefficient (Wildman–Crippen LogP) is 5.26. The second-order valence-electron chi connectivity index (χ2n) is 9.45. The molecule has 1 aromatic heterocycles. The van der Waals surface area contributed by atoms with Crippen LogP contribution in [0.2, 0.25) is 10.0 Å². The molecule has 1 unspecified atom stereocenters. The Morgan fingerprint density at radius 1 is 0.868 bits per heavy atom. The first kappa shape index (κ1) is 26.4. The molecule has 0 radical (unpaired) electrons. The molecule has 1 saturated heterocycles. The fourth-order valence-corrected chi connectivity index (χ4v) is 5.11. The SMILES string of the molecule is O=C(C(c1ccc(Cl)cc1)c1ccc(Cl)cc1)N1CCN(CC(O)COc2cccc3ncccc23)CC1. The van der Waals surface area contributed by atoms with Gasteiger partial charge in [0, 0.05) is 54.4 Å². The summed E-state index contributed by atoms with van der Waals surface area (Å²) in [6, 6.07) is 24.4. The number of amides is 1. The number of pyridine rings is 1. The molecule has 1 fully saturated rings. The monoisotopic (exact) mass is 549 g/mol. The Balaban J connectivity index is 1.18. The Morgan fingerprint density at radius 3 is 2.13 bits per heavy atom. The maximum Gasteiger partial charge on any atom is 0.234 e. The van der Waals surface area contributed by atoms with E-state index in [9.17, 15) is 9.90 Å². The van der Waals surface area contributed by atoms with Crippen LogP contribution in [0.4, 0.5) is 0 Å². The molecular formula is C30H29Cl2N3O3. The maximum absolute atomic E-state index is 13.7. The number of hydrogen-bond donors (Lipinski definition) is 1. The van der Waals surface area contributed by atoms with E-state index in [0.717, 1.165) is 22.0 Å². The largest absolute Gasteiger partial charge is 0.490 e. The minimum atomic E-state index is -0.653. The molecule has 5 rings (SSSR count). The van der Waals surface area contributed by atoms with Gasteiger partial charge in [-0.3, -0.25) is 14.7 Å². The number of hydrogen-bond acceptors (Lipinski definition) is 5. The Labute approximate surface area is 232 Å². The molecule has 196 valence electrons. The van der Waals surface area contributed by atoms with Gasteiger partial charge in [-0.1, -0.05) is 53.5 Å². The minimum Gasteiger partial charge on any atom is -0.490 e. The average molecular weight is 550 g/mol. The van der Waals surface area contributed by atoms with E-state index in [1.54, 1.807) is 6.20 Å². The van der Waals surface area contributed by atoms with Crippen molar-refractivity contribution >= 4 is 40.0 Å². The number of aliphatic hydroxyl groups is 1. The summed E-state index contributed by atoms with van der Waals surface area (Å²) < 4.78 is 5.93. The summed E-state index contributed by atoms with van der Waals surface area (Å²) in [5.74, 6) is 0.313. The van der Waals surface area contributed by atoms with Crippen LogP contribution in [0.15, 0.2) is 85.1 Å². The van der Waals surface area contributed by atoms with Crippen molar-refractivity contribution in [1.29, 1.82) is 0 Å². The number of halogens is 2. The number of benzene rings is 3. The van der Waals surface area contributed by atoms with Crippen molar-refractivity contribution in [3.05, 3.63) is 106 Å². The van der Waals surface area contributed by atoms with Crippen molar-refractivity contribution in [2.24, 2.45) is 0 Å². The molecule has 1 amide bonds. The zero-order valence-electron chi connectivity index (χ0n) is 20.8. The predicted molar refractivity (Wildman–Crippen MR) is 151 cm³/mol. The van der Waals surface area contributed by atoms with E-state index in [0.29, 0.717) is 48.5 Å². The van der Waals surface area contributed by atoms with Crippen LogP contribution in [-0.2, 0) is 4.79 Å². The van der Waals surface area contributed by atoms with Crippen molar-refractivity contribution in [3.8, 4) is 5.75 Å². The number of carbonyl (C=O) groups excluding carboxylic acids is 1. The lowest BCUT2D eigenvalue weighted by atomic mass is 9.90. The van der Waals surface area contributed by atoms with Crippen LogP contribution < -0.4 is 4.74 Å². The lowest BCUT2D eigenvalue weighted by Crippen LogP contribution is -2.52. The van der Waals surface area contributed by atoms with Gasteiger partial charge in [-0.25, -0.2) is 0 Å². The first-order chi connectivity index (χ1) is 18.5. The number of aliphatic hydroxyl groups excluding tert-OH is 1. The number of ether oxygens (including phenoxy) is 1. The van der Waals surface area contributed by atoms with Crippen molar-refractivity contribution in [2.45, 2.75) is 12.0 Å². The summed E-state index contributed by atoms with van der Waals surface area (Å²) in [5, 5.41) is 12.8. The Kier molecular flexibility index (Phi) is 8.45. The zero-order chi connectivity index (χ0) is 26.5. The van der Waals surface area contributed by atoms with Gasteiger partial charge in [-0.05, 0) is 59.7 Å². The Morgan fingerprint density at radius 2 is 1.50 bits per heavy atom. The molecule has 3 aromatic carbocycles. The third kappa shape index (κ3) is 6.27. The molecule has 8 heteroatoms. The molecule has 6 nitrogen and oxygen atoms in total. The first-order valence-corrected chi connectivity index (χ1v) is 13.4. The van der Waals surface area contributed by atoms with Gasteiger partial charge in [-0.15, -0.1) is 0 Å². The van der Waals surface area contributed by atoms with Crippen LogP contribution in [0.3, 0.4) is 0 Å². The van der Waals surface area contributed by atoms with Crippen LogP contribution in [-0.4, -0.2) is 71.2 Å². The number of fused-ring (bicyclic) bond motifs is 1. The van der Waals surface area contributed by atoms with Gasteiger partial charge in [-0.2, -0.15) is 0 Å². The number of carbonyl (C=O) groups is 1. The number of aromatic nitrogens is 1. The summed E-state index contributed by atoms with van der Waals surface area (Å²) in [5.41, 5.74) is 2.64. The van der Waals surface area contributed by atoms with Crippen LogP contribution in [0, 0.1) is 0 Å². The summed E-state index contributed by atoms with van der Waals surface area (Å²) in [4.78, 5) is 22.1. The Bertz CT molecular complexity index is 1320. The zero-order valence-corrected chi connectivity index (χ0v) is 22.4. The summed E-state index contributed by atoms with van der Waals surface area (Å²) in [6.07, 6.45) is 1.10. The van der Waals surface area contributed by atoms with Crippen LogP contribution in [0.1, 0.15) is 17.0 Å².